The number of amides is 2. The first-order valence-corrected chi connectivity index (χ1v) is 11.2. The highest BCUT2D eigenvalue weighted by Gasteiger charge is 2.33. The number of hydrogen-bond donors (Lipinski definition) is 1. The van der Waals surface area contributed by atoms with Crippen LogP contribution in [0, 0.1) is 6.92 Å². The van der Waals surface area contributed by atoms with Crippen LogP contribution in [0.5, 0.6) is 0 Å². The van der Waals surface area contributed by atoms with Gasteiger partial charge in [0.2, 0.25) is 5.91 Å². The van der Waals surface area contributed by atoms with Crippen LogP contribution in [-0.4, -0.2) is 38.9 Å². The first-order chi connectivity index (χ1) is 15.0. The average molecular weight is 421 g/mol. The number of hydrogen-bond acceptors (Lipinski definition) is 4. The molecule has 1 N–H and O–H groups in total. The van der Waals surface area contributed by atoms with Gasteiger partial charge in [-0.3, -0.25) is 9.59 Å². The van der Waals surface area contributed by atoms with Gasteiger partial charge in [-0.1, -0.05) is 31.0 Å². The monoisotopic (exact) mass is 420 g/mol. The van der Waals surface area contributed by atoms with Crippen molar-refractivity contribution in [3.05, 3.63) is 53.3 Å². The van der Waals surface area contributed by atoms with E-state index in [0.29, 0.717) is 24.9 Å². The van der Waals surface area contributed by atoms with E-state index in [4.69, 9.17) is 9.40 Å². The molecule has 0 saturated heterocycles. The number of fused-ring (bicyclic) bond motifs is 2. The minimum absolute atomic E-state index is 0.0285. The highest BCUT2D eigenvalue weighted by molar-refractivity contribution is 5.99. The molecule has 0 spiro atoms. The van der Waals surface area contributed by atoms with Gasteiger partial charge in [-0.2, -0.15) is 0 Å². The Labute approximate surface area is 181 Å². The Morgan fingerprint density at radius 1 is 1.19 bits per heavy atom. The zero-order valence-electron chi connectivity index (χ0n) is 18.1. The molecule has 3 aromatic rings. The molecule has 2 amide bonds. The number of benzene rings is 1. The van der Waals surface area contributed by atoms with Crippen LogP contribution in [0.4, 0.5) is 0 Å². The third-order valence-electron chi connectivity index (χ3n) is 6.64. The zero-order chi connectivity index (χ0) is 21.5. The third kappa shape index (κ3) is 3.62. The summed E-state index contributed by atoms with van der Waals surface area (Å²) in [5.74, 6) is 1.12. The fourth-order valence-corrected chi connectivity index (χ4v) is 4.93. The quantitative estimate of drug-likeness (QED) is 0.697. The zero-order valence-corrected chi connectivity index (χ0v) is 18.1. The van der Waals surface area contributed by atoms with Gasteiger partial charge in [0, 0.05) is 36.3 Å². The smallest absolute Gasteiger partial charge is 0.290 e. The van der Waals surface area contributed by atoms with Crippen LogP contribution in [0.3, 0.4) is 0 Å². The Morgan fingerprint density at radius 3 is 2.74 bits per heavy atom. The summed E-state index contributed by atoms with van der Waals surface area (Å²) in [5, 5.41) is 4.09. The predicted molar refractivity (Wildman–Crippen MR) is 117 cm³/mol. The van der Waals surface area contributed by atoms with Crippen molar-refractivity contribution in [2.75, 3.05) is 6.54 Å². The Kier molecular flexibility index (Phi) is 5.04. The van der Waals surface area contributed by atoms with Gasteiger partial charge in [-0.15, -0.1) is 0 Å². The van der Waals surface area contributed by atoms with E-state index in [0.717, 1.165) is 40.9 Å². The van der Waals surface area contributed by atoms with E-state index in [1.165, 1.54) is 12.8 Å². The maximum atomic E-state index is 13.3. The molecule has 7 heteroatoms. The number of imidazole rings is 1. The number of aromatic nitrogens is 2. The normalized spacial score (nSPS) is 19.0. The largest absolute Gasteiger partial charge is 0.451 e. The van der Waals surface area contributed by atoms with Crippen molar-refractivity contribution in [1.82, 2.24) is 19.8 Å². The maximum absolute atomic E-state index is 13.3. The summed E-state index contributed by atoms with van der Waals surface area (Å²) >= 11 is 0. The number of para-hydroxylation sites is 1. The van der Waals surface area contributed by atoms with Crippen molar-refractivity contribution >= 4 is 22.8 Å². The molecule has 2 aromatic heterocycles. The minimum Gasteiger partial charge on any atom is -0.451 e. The van der Waals surface area contributed by atoms with Gasteiger partial charge < -0.3 is 19.2 Å². The lowest BCUT2D eigenvalue weighted by atomic mass is 10.1. The lowest BCUT2D eigenvalue weighted by molar-refractivity contribution is -0.121. The molecule has 0 radical (unpaired) electrons. The van der Waals surface area contributed by atoms with Crippen LogP contribution < -0.4 is 5.32 Å². The van der Waals surface area contributed by atoms with Crippen LogP contribution in [0.15, 0.2) is 34.9 Å². The standard InChI is InChI=1S/C24H28N4O3/c1-15-19-9-5-6-10-20(19)31-22(15)24(30)28-12-11-27-14-18(26-23(27)16(28)2)13-21(29)25-17-7-3-4-8-17/h5-6,9-10,14,16-17H,3-4,7-8,11-13H2,1-2H3,(H,25,29). The van der Waals surface area contributed by atoms with Crippen molar-refractivity contribution in [3.8, 4) is 0 Å². The molecule has 1 atom stereocenters. The number of carbonyl (C=O) groups is 2. The Hall–Kier alpha value is -3.09. The summed E-state index contributed by atoms with van der Waals surface area (Å²) in [6.45, 7) is 5.14. The van der Waals surface area contributed by atoms with Crippen molar-refractivity contribution in [1.29, 1.82) is 0 Å². The van der Waals surface area contributed by atoms with Gasteiger partial charge in [0.1, 0.15) is 11.4 Å². The fraction of sp³-hybridized carbons (Fsp3) is 0.458. The summed E-state index contributed by atoms with van der Waals surface area (Å²) < 4.78 is 7.97. The number of rotatable bonds is 4. The minimum atomic E-state index is -0.194. The molecule has 1 saturated carbocycles. The van der Waals surface area contributed by atoms with E-state index in [1.54, 1.807) is 0 Å². The molecular weight excluding hydrogens is 392 g/mol. The molecule has 31 heavy (non-hydrogen) atoms. The lowest BCUT2D eigenvalue weighted by Crippen LogP contribution is -2.41. The number of carbonyl (C=O) groups excluding carboxylic acids is 2. The van der Waals surface area contributed by atoms with E-state index in [1.807, 2.05) is 49.2 Å². The molecule has 5 rings (SSSR count). The topological polar surface area (TPSA) is 80.4 Å². The Bertz CT molecular complexity index is 1140. The number of nitrogens with zero attached hydrogens (tertiary/aromatic N) is 3. The molecule has 1 aliphatic carbocycles. The number of furan rings is 1. The summed E-state index contributed by atoms with van der Waals surface area (Å²) in [6.07, 6.45) is 6.75. The molecule has 162 valence electrons. The molecule has 2 aliphatic rings. The number of aryl methyl sites for hydroxylation is 1. The van der Waals surface area contributed by atoms with E-state index in [9.17, 15) is 9.59 Å². The van der Waals surface area contributed by atoms with Gasteiger partial charge in [0.15, 0.2) is 5.76 Å². The van der Waals surface area contributed by atoms with Crippen LogP contribution >= 0.6 is 0 Å². The molecule has 1 fully saturated rings. The highest BCUT2D eigenvalue weighted by Crippen LogP contribution is 2.31. The van der Waals surface area contributed by atoms with Crippen LogP contribution in [0.25, 0.3) is 11.0 Å². The molecular formula is C24H28N4O3. The van der Waals surface area contributed by atoms with Gasteiger partial charge in [-0.25, -0.2) is 4.98 Å². The average Bonchev–Trinajstić information content (AvgIpc) is 3.48. The van der Waals surface area contributed by atoms with Crippen molar-refractivity contribution in [2.24, 2.45) is 0 Å². The van der Waals surface area contributed by atoms with Crippen molar-refractivity contribution in [3.63, 3.8) is 0 Å². The second-order valence-electron chi connectivity index (χ2n) is 8.74. The second-order valence-corrected chi connectivity index (χ2v) is 8.74. The highest BCUT2D eigenvalue weighted by atomic mass is 16.3. The SMILES string of the molecule is Cc1c(C(=O)N2CCn3cc(CC(=O)NC4CCCC4)nc3C2C)oc2ccccc12. The van der Waals surface area contributed by atoms with Crippen LogP contribution in [0.2, 0.25) is 0 Å². The van der Waals surface area contributed by atoms with E-state index in [2.05, 4.69) is 9.88 Å². The van der Waals surface area contributed by atoms with Crippen molar-refractivity contribution < 1.29 is 14.0 Å². The van der Waals surface area contributed by atoms with E-state index < -0.39 is 0 Å². The third-order valence-corrected chi connectivity index (χ3v) is 6.64. The van der Waals surface area contributed by atoms with Gasteiger partial charge in [0.25, 0.3) is 5.91 Å². The fourth-order valence-electron chi connectivity index (χ4n) is 4.93. The second kappa shape index (κ2) is 7.87. The number of nitrogens with one attached hydrogen (secondary N) is 1. The molecule has 3 heterocycles. The lowest BCUT2D eigenvalue weighted by Gasteiger charge is -2.33. The van der Waals surface area contributed by atoms with Crippen LogP contribution in [-0.2, 0) is 17.8 Å². The summed E-state index contributed by atoms with van der Waals surface area (Å²) in [6, 6.07) is 7.83. The molecule has 1 aliphatic heterocycles. The Balaban J connectivity index is 1.32. The van der Waals surface area contributed by atoms with E-state index >= 15 is 0 Å². The van der Waals surface area contributed by atoms with Crippen molar-refractivity contribution in [2.45, 2.75) is 64.6 Å². The Morgan fingerprint density at radius 2 is 1.97 bits per heavy atom. The first kappa shape index (κ1) is 19.8. The molecule has 0 bridgehead atoms. The summed E-state index contributed by atoms with van der Waals surface area (Å²) in [4.78, 5) is 32.3. The van der Waals surface area contributed by atoms with Crippen LogP contribution in [0.1, 0.15) is 66.3 Å². The molecule has 1 unspecified atom stereocenters. The molecule has 7 nitrogen and oxygen atoms in total. The summed E-state index contributed by atoms with van der Waals surface area (Å²) in [7, 11) is 0. The molecule has 1 aromatic carbocycles. The first-order valence-electron chi connectivity index (χ1n) is 11.2. The maximum Gasteiger partial charge on any atom is 0.290 e. The van der Waals surface area contributed by atoms with Gasteiger partial charge in [-0.05, 0) is 32.8 Å². The van der Waals surface area contributed by atoms with Gasteiger partial charge >= 0.3 is 0 Å². The van der Waals surface area contributed by atoms with E-state index in [-0.39, 0.29) is 24.3 Å². The van der Waals surface area contributed by atoms with Gasteiger partial charge in [0.05, 0.1) is 18.2 Å². The summed E-state index contributed by atoms with van der Waals surface area (Å²) in [5.41, 5.74) is 2.35. The predicted octanol–water partition coefficient (Wildman–Crippen LogP) is 3.76.